The summed E-state index contributed by atoms with van der Waals surface area (Å²) in [6, 6.07) is 4.99. The Balaban J connectivity index is 2.39. The smallest absolute Gasteiger partial charge is 0.251 e. The predicted octanol–water partition coefficient (Wildman–Crippen LogP) is 1.68. The van der Waals surface area contributed by atoms with Crippen LogP contribution in [0, 0.1) is 0 Å². The van der Waals surface area contributed by atoms with Crippen LogP contribution in [-0.2, 0) is 4.79 Å². The molecule has 0 radical (unpaired) electrons. The highest BCUT2D eigenvalue weighted by Gasteiger charge is 2.07. The van der Waals surface area contributed by atoms with Crippen LogP contribution in [0.3, 0.4) is 0 Å². The number of carbonyl (C=O) groups is 2. The first-order valence-corrected chi connectivity index (χ1v) is 6.93. The van der Waals surface area contributed by atoms with Crippen molar-refractivity contribution in [3.63, 3.8) is 0 Å². The van der Waals surface area contributed by atoms with Gasteiger partial charge in [-0.05, 0) is 40.5 Å². The van der Waals surface area contributed by atoms with Gasteiger partial charge in [0.25, 0.3) is 5.91 Å². The van der Waals surface area contributed by atoms with Crippen LogP contribution in [0.5, 0.6) is 0 Å². The minimum Gasteiger partial charge on any atom is -0.398 e. The Morgan fingerprint density at radius 3 is 2.63 bits per heavy atom. The summed E-state index contributed by atoms with van der Waals surface area (Å²) < 4.78 is 0.753. The largest absolute Gasteiger partial charge is 0.398 e. The molecule has 6 heteroatoms. The summed E-state index contributed by atoms with van der Waals surface area (Å²) in [7, 11) is 0. The molecule has 0 unspecified atom stereocenters. The Kier molecular flexibility index (Phi) is 6.35. The maximum Gasteiger partial charge on any atom is 0.251 e. The minimum absolute atomic E-state index is 0.0579. The highest BCUT2D eigenvalue weighted by molar-refractivity contribution is 9.10. The molecule has 104 valence electrons. The predicted molar refractivity (Wildman–Crippen MR) is 78.8 cm³/mol. The molecule has 0 aromatic heterocycles. The van der Waals surface area contributed by atoms with Gasteiger partial charge in [-0.1, -0.05) is 6.92 Å². The van der Waals surface area contributed by atoms with Gasteiger partial charge in [0.05, 0.1) is 0 Å². The van der Waals surface area contributed by atoms with Crippen LogP contribution in [0.2, 0.25) is 0 Å². The maximum absolute atomic E-state index is 11.8. The van der Waals surface area contributed by atoms with Crippen molar-refractivity contribution in [3.05, 3.63) is 28.2 Å². The van der Waals surface area contributed by atoms with Crippen LogP contribution < -0.4 is 16.4 Å². The standard InChI is InChI=1S/C13H18BrN3O2/c1-2-6-16-12(18)5-7-17-13(19)9-3-4-10(14)11(15)8-9/h3-4,8H,2,5-7,15H2,1H3,(H,16,18)(H,17,19). The number of hydrogen-bond acceptors (Lipinski definition) is 3. The Bertz CT molecular complexity index is 463. The second kappa shape index (κ2) is 7.78. The second-order valence-electron chi connectivity index (χ2n) is 4.09. The van der Waals surface area contributed by atoms with Gasteiger partial charge in [0.2, 0.25) is 5.91 Å². The molecule has 0 spiro atoms. The first-order chi connectivity index (χ1) is 9.04. The molecule has 0 aliphatic heterocycles. The van der Waals surface area contributed by atoms with E-state index in [9.17, 15) is 9.59 Å². The normalized spacial score (nSPS) is 10.0. The van der Waals surface area contributed by atoms with Crippen LogP contribution in [0.1, 0.15) is 30.1 Å². The van der Waals surface area contributed by atoms with Gasteiger partial charge in [0, 0.05) is 35.2 Å². The zero-order valence-electron chi connectivity index (χ0n) is 10.8. The number of nitrogen functional groups attached to an aromatic ring is 1. The number of nitrogens with one attached hydrogen (secondary N) is 2. The third-order valence-electron chi connectivity index (χ3n) is 2.47. The third-order valence-corrected chi connectivity index (χ3v) is 3.19. The summed E-state index contributed by atoms with van der Waals surface area (Å²) in [6.07, 6.45) is 1.17. The molecule has 5 nitrogen and oxygen atoms in total. The van der Waals surface area contributed by atoms with Crippen molar-refractivity contribution < 1.29 is 9.59 Å². The fraction of sp³-hybridized carbons (Fsp3) is 0.385. The summed E-state index contributed by atoms with van der Waals surface area (Å²) >= 11 is 3.26. The third kappa shape index (κ3) is 5.30. The first-order valence-electron chi connectivity index (χ1n) is 6.14. The molecular formula is C13H18BrN3O2. The van der Waals surface area contributed by atoms with Crippen molar-refractivity contribution >= 4 is 33.4 Å². The second-order valence-corrected chi connectivity index (χ2v) is 4.95. The Morgan fingerprint density at radius 2 is 2.00 bits per heavy atom. The summed E-state index contributed by atoms with van der Waals surface area (Å²) in [6.45, 7) is 2.96. The fourth-order valence-corrected chi connectivity index (χ4v) is 1.68. The van der Waals surface area contributed by atoms with Crippen molar-refractivity contribution in [2.75, 3.05) is 18.8 Å². The number of rotatable bonds is 6. The highest BCUT2D eigenvalue weighted by Crippen LogP contribution is 2.19. The zero-order chi connectivity index (χ0) is 14.3. The first kappa shape index (κ1) is 15.5. The highest BCUT2D eigenvalue weighted by atomic mass is 79.9. The lowest BCUT2D eigenvalue weighted by atomic mass is 10.2. The summed E-state index contributed by atoms with van der Waals surface area (Å²) in [5, 5.41) is 5.43. The molecule has 0 saturated heterocycles. The molecular weight excluding hydrogens is 310 g/mol. The molecule has 0 atom stereocenters. The lowest BCUT2D eigenvalue weighted by Gasteiger charge is -2.07. The van der Waals surface area contributed by atoms with E-state index in [-0.39, 0.29) is 18.2 Å². The van der Waals surface area contributed by atoms with Gasteiger partial charge in [-0.25, -0.2) is 0 Å². The Hall–Kier alpha value is -1.56. The Morgan fingerprint density at radius 1 is 1.26 bits per heavy atom. The van der Waals surface area contributed by atoms with E-state index in [1.807, 2.05) is 6.92 Å². The molecule has 0 aliphatic carbocycles. The van der Waals surface area contributed by atoms with E-state index in [0.29, 0.717) is 24.3 Å². The molecule has 4 N–H and O–H groups in total. The average molecular weight is 328 g/mol. The van der Waals surface area contributed by atoms with Crippen LogP contribution in [0.15, 0.2) is 22.7 Å². The van der Waals surface area contributed by atoms with E-state index >= 15 is 0 Å². The summed E-state index contributed by atoms with van der Waals surface area (Å²) in [4.78, 5) is 23.1. The summed E-state index contributed by atoms with van der Waals surface area (Å²) in [5.74, 6) is -0.292. The van der Waals surface area contributed by atoms with Crippen molar-refractivity contribution in [2.24, 2.45) is 0 Å². The Labute approximate surface area is 121 Å². The molecule has 1 rings (SSSR count). The van der Waals surface area contributed by atoms with Gasteiger partial charge in [0.1, 0.15) is 0 Å². The zero-order valence-corrected chi connectivity index (χ0v) is 12.4. The monoisotopic (exact) mass is 327 g/mol. The molecule has 2 amide bonds. The van der Waals surface area contributed by atoms with Crippen molar-refractivity contribution in [1.82, 2.24) is 10.6 Å². The average Bonchev–Trinajstić information content (AvgIpc) is 2.39. The van der Waals surface area contributed by atoms with E-state index in [1.54, 1.807) is 18.2 Å². The molecule has 19 heavy (non-hydrogen) atoms. The number of halogens is 1. The molecule has 0 saturated carbocycles. The van der Waals surface area contributed by atoms with Crippen molar-refractivity contribution in [3.8, 4) is 0 Å². The molecule has 0 aliphatic rings. The lowest BCUT2D eigenvalue weighted by molar-refractivity contribution is -0.120. The van der Waals surface area contributed by atoms with Crippen LogP contribution >= 0.6 is 15.9 Å². The van der Waals surface area contributed by atoms with E-state index in [4.69, 9.17) is 5.73 Å². The van der Waals surface area contributed by atoms with Crippen molar-refractivity contribution in [2.45, 2.75) is 19.8 Å². The fourth-order valence-electron chi connectivity index (χ4n) is 1.43. The number of benzene rings is 1. The van der Waals surface area contributed by atoms with Crippen LogP contribution in [0.25, 0.3) is 0 Å². The van der Waals surface area contributed by atoms with Gasteiger partial charge in [0.15, 0.2) is 0 Å². The molecule has 1 aromatic rings. The van der Waals surface area contributed by atoms with Gasteiger partial charge < -0.3 is 16.4 Å². The van der Waals surface area contributed by atoms with E-state index in [0.717, 1.165) is 10.9 Å². The quantitative estimate of drug-likeness (QED) is 0.695. The van der Waals surface area contributed by atoms with E-state index in [1.165, 1.54) is 0 Å². The molecule has 0 fully saturated rings. The van der Waals surface area contributed by atoms with Crippen LogP contribution in [-0.4, -0.2) is 24.9 Å². The molecule has 0 heterocycles. The van der Waals surface area contributed by atoms with Crippen molar-refractivity contribution in [1.29, 1.82) is 0 Å². The maximum atomic E-state index is 11.8. The van der Waals surface area contributed by atoms with Gasteiger partial charge in [-0.15, -0.1) is 0 Å². The van der Waals surface area contributed by atoms with Gasteiger partial charge >= 0.3 is 0 Å². The summed E-state index contributed by atoms with van der Waals surface area (Å²) in [5.41, 5.74) is 6.69. The number of carbonyl (C=O) groups excluding carboxylic acids is 2. The van der Waals surface area contributed by atoms with E-state index < -0.39 is 0 Å². The van der Waals surface area contributed by atoms with Crippen LogP contribution in [0.4, 0.5) is 5.69 Å². The molecule has 0 bridgehead atoms. The van der Waals surface area contributed by atoms with E-state index in [2.05, 4.69) is 26.6 Å². The number of nitrogens with two attached hydrogens (primary N) is 1. The number of amides is 2. The topological polar surface area (TPSA) is 84.2 Å². The van der Waals surface area contributed by atoms with Gasteiger partial charge in [-0.2, -0.15) is 0 Å². The SMILES string of the molecule is CCCNC(=O)CCNC(=O)c1ccc(Br)c(N)c1. The van der Waals surface area contributed by atoms with Gasteiger partial charge in [-0.3, -0.25) is 9.59 Å². The number of hydrogen-bond donors (Lipinski definition) is 3. The number of anilines is 1. The molecule has 1 aromatic carbocycles. The lowest BCUT2D eigenvalue weighted by Crippen LogP contribution is -2.31. The minimum atomic E-state index is -0.234.